The zero-order valence-corrected chi connectivity index (χ0v) is 17.1. The van der Waals surface area contributed by atoms with Crippen LogP contribution in [0.1, 0.15) is 5.56 Å². The molecule has 1 aliphatic rings. The molecule has 3 rings (SSSR count). The normalized spacial score (nSPS) is 14.4. The Kier molecular flexibility index (Phi) is 7.07. The molecule has 156 valence electrons. The Morgan fingerprint density at radius 1 is 1.00 bits per heavy atom. The molecule has 1 saturated heterocycles. The van der Waals surface area contributed by atoms with Crippen molar-refractivity contribution < 1.29 is 19.0 Å². The van der Waals surface area contributed by atoms with E-state index in [-0.39, 0.29) is 5.91 Å². The number of nitrogens with zero attached hydrogens (tertiary/aromatic N) is 4. The van der Waals surface area contributed by atoms with Crippen LogP contribution in [-0.4, -0.2) is 74.8 Å². The molecule has 29 heavy (non-hydrogen) atoms. The molecule has 0 saturated carbocycles. The third-order valence-electron chi connectivity index (χ3n) is 4.79. The Bertz CT molecular complexity index is 785. The van der Waals surface area contributed by atoms with Gasteiger partial charge in [0.1, 0.15) is 0 Å². The van der Waals surface area contributed by atoms with Crippen molar-refractivity contribution in [2.75, 3.05) is 59.0 Å². The summed E-state index contributed by atoms with van der Waals surface area (Å²) in [6.45, 7) is 3.90. The van der Waals surface area contributed by atoms with Crippen molar-refractivity contribution >= 4 is 11.9 Å². The fourth-order valence-electron chi connectivity index (χ4n) is 3.26. The molecule has 9 heteroatoms. The first-order valence-electron chi connectivity index (χ1n) is 9.44. The summed E-state index contributed by atoms with van der Waals surface area (Å²) >= 11 is 0. The number of amides is 1. The van der Waals surface area contributed by atoms with Gasteiger partial charge in [-0.3, -0.25) is 9.69 Å². The van der Waals surface area contributed by atoms with Crippen molar-refractivity contribution in [1.82, 2.24) is 20.2 Å². The Balaban J connectivity index is 1.49. The Labute approximate surface area is 170 Å². The SMILES string of the molecule is COc1cc(CNC(=O)CN2CCN(c3ncccn3)CC2)cc(OC)c1OC. The molecule has 1 N–H and O–H groups in total. The predicted octanol–water partition coefficient (Wildman–Crippen LogP) is 0.941. The second-order valence-corrected chi connectivity index (χ2v) is 6.62. The van der Waals surface area contributed by atoms with Gasteiger partial charge in [0, 0.05) is 45.1 Å². The van der Waals surface area contributed by atoms with Crippen LogP contribution in [0.2, 0.25) is 0 Å². The van der Waals surface area contributed by atoms with Crippen LogP contribution < -0.4 is 24.4 Å². The van der Waals surface area contributed by atoms with E-state index in [1.807, 2.05) is 12.1 Å². The molecule has 0 aliphatic carbocycles. The molecule has 1 fully saturated rings. The maximum atomic E-state index is 12.4. The molecule has 0 radical (unpaired) electrons. The van der Waals surface area contributed by atoms with E-state index in [0.717, 1.165) is 37.7 Å². The number of hydrogen-bond donors (Lipinski definition) is 1. The van der Waals surface area contributed by atoms with E-state index in [9.17, 15) is 4.79 Å². The third-order valence-corrected chi connectivity index (χ3v) is 4.79. The number of carbonyl (C=O) groups is 1. The summed E-state index contributed by atoms with van der Waals surface area (Å²) in [5, 5.41) is 2.96. The van der Waals surface area contributed by atoms with Gasteiger partial charge in [0.05, 0.1) is 27.9 Å². The summed E-state index contributed by atoms with van der Waals surface area (Å²) in [5.41, 5.74) is 0.874. The number of anilines is 1. The zero-order valence-electron chi connectivity index (χ0n) is 17.1. The quantitative estimate of drug-likeness (QED) is 0.699. The maximum absolute atomic E-state index is 12.4. The monoisotopic (exact) mass is 401 g/mol. The highest BCUT2D eigenvalue weighted by molar-refractivity contribution is 5.78. The molecule has 1 aliphatic heterocycles. The molecule has 0 bridgehead atoms. The Morgan fingerprint density at radius 3 is 2.17 bits per heavy atom. The second kappa shape index (κ2) is 9.92. The van der Waals surface area contributed by atoms with E-state index in [1.165, 1.54) is 0 Å². The average molecular weight is 401 g/mol. The van der Waals surface area contributed by atoms with Gasteiger partial charge in [0.2, 0.25) is 17.6 Å². The van der Waals surface area contributed by atoms with E-state index < -0.39 is 0 Å². The summed E-state index contributed by atoms with van der Waals surface area (Å²) in [6, 6.07) is 5.47. The van der Waals surface area contributed by atoms with Gasteiger partial charge in [-0.05, 0) is 23.8 Å². The van der Waals surface area contributed by atoms with E-state index >= 15 is 0 Å². The Hall–Kier alpha value is -3.07. The van der Waals surface area contributed by atoms with Crippen molar-refractivity contribution in [1.29, 1.82) is 0 Å². The molecule has 1 aromatic carbocycles. The average Bonchev–Trinajstić information content (AvgIpc) is 2.78. The van der Waals surface area contributed by atoms with Gasteiger partial charge in [-0.15, -0.1) is 0 Å². The maximum Gasteiger partial charge on any atom is 0.234 e. The van der Waals surface area contributed by atoms with Gasteiger partial charge in [-0.25, -0.2) is 9.97 Å². The fourth-order valence-corrected chi connectivity index (χ4v) is 3.26. The predicted molar refractivity (Wildman–Crippen MR) is 109 cm³/mol. The molecule has 9 nitrogen and oxygen atoms in total. The van der Waals surface area contributed by atoms with Crippen LogP contribution in [0.3, 0.4) is 0 Å². The van der Waals surface area contributed by atoms with Crippen LogP contribution in [0.4, 0.5) is 5.95 Å². The minimum atomic E-state index is -0.0248. The minimum Gasteiger partial charge on any atom is -0.493 e. The van der Waals surface area contributed by atoms with Crippen molar-refractivity contribution in [3.63, 3.8) is 0 Å². The zero-order chi connectivity index (χ0) is 20.6. The first-order valence-corrected chi connectivity index (χ1v) is 9.44. The van der Waals surface area contributed by atoms with Gasteiger partial charge in [0.25, 0.3) is 0 Å². The highest BCUT2D eigenvalue weighted by atomic mass is 16.5. The lowest BCUT2D eigenvalue weighted by Crippen LogP contribution is -2.49. The van der Waals surface area contributed by atoms with Crippen molar-refractivity contribution in [3.05, 3.63) is 36.2 Å². The number of ether oxygens (including phenoxy) is 3. The summed E-state index contributed by atoms with van der Waals surface area (Å²) in [5.74, 6) is 2.37. The topological polar surface area (TPSA) is 89.1 Å². The lowest BCUT2D eigenvalue weighted by Gasteiger charge is -2.34. The molecular formula is C20H27N5O4. The van der Waals surface area contributed by atoms with Crippen LogP contribution in [0.5, 0.6) is 17.2 Å². The highest BCUT2D eigenvalue weighted by Gasteiger charge is 2.20. The molecule has 0 spiro atoms. The number of carbonyl (C=O) groups excluding carboxylic acids is 1. The smallest absolute Gasteiger partial charge is 0.234 e. The number of aromatic nitrogens is 2. The molecule has 0 unspecified atom stereocenters. The van der Waals surface area contributed by atoms with E-state index in [1.54, 1.807) is 39.8 Å². The van der Waals surface area contributed by atoms with Gasteiger partial charge >= 0.3 is 0 Å². The lowest BCUT2D eigenvalue weighted by molar-refractivity contribution is -0.122. The number of methoxy groups -OCH3 is 3. The molecule has 1 amide bonds. The summed E-state index contributed by atoms with van der Waals surface area (Å²) in [4.78, 5) is 25.2. The molecule has 2 aromatic rings. The van der Waals surface area contributed by atoms with Crippen LogP contribution >= 0.6 is 0 Å². The van der Waals surface area contributed by atoms with Crippen LogP contribution in [-0.2, 0) is 11.3 Å². The number of hydrogen-bond acceptors (Lipinski definition) is 8. The van der Waals surface area contributed by atoms with Crippen molar-refractivity contribution in [2.45, 2.75) is 6.54 Å². The first-order chi connectivity index (χ1) is 14.1. The van der Waals surface area contributed by atoms with Gasteiger partial charge in [0.15, 0.2) is 11.5 Å². The highest BCUT2D eigenvalue weighted by Crippen LogP contribution is 2.38. The summed E-state index contributed by atoms with van der Waals surface area (Å²) < 4.78 is 16.0. The fraction of sp³-hybridized carbons (Fsp3) is 0.450. The van der Waals surface area contributed by atoms with Crippen LogP contribution in [0, 0.1) is 0 Å². The number of piperazine rings is 1. The molecule has 2 heterocycles. The second-order valence-electron chi connectivity index (χ2n) is 6.62. The van der Waals surface area contributed by atoms with E-state index in [0.29, 0.717) is 30.3 Å². The van der Waals surface area contributed by atoms with Crippen LogP contribution in [0.25, 0.3) is 0 Å². The number of rotatable bonds is 8. The molecular weight excluding hydrogens is 374 g/mol. The first kappa shape index (κ1) is 20.7. The van der Waals surface area contributed by atoms with Gasteiger partial charge in [-0.1, -0.05) is 0 Å². The standard InChI is InChI=1S/C20H27N5O4/c1-27-16-11-15(12-17(28-2)19(16)29-3)13-23-18(26)14-24-7-9-25(10-8-24)20-21-5-4-6-22-20/h4-6,11-12H,7-10,13-14H2,1-3H3,(H,23,26). The minimum absolute atomic E-state index is 0.0248. The number of nitrogens with one attached hydrogen (secondary N) is 1. The van der Waals surface area contributed by atoms with Crippen molar-refractivity contribution in [2.24, 2.45) is 0 Å². The van der Waals surface area contributed by atoms with Gasteiger partial charge < -0.3 is 24.4 Å². The Morgan fingerprint density at radius 2 is 1.62 bits per heavy atom. The van der Waals surface area contributed by atoms with E-state index in [4.69, 9.17) is 14.2 Å². The third kappa shape index (κ3) is 5.26. The largest absolute Gasteiger partial charge is 0.493 e. The lowest BCUT2D eigenvalue weighted by atomic mass is 10.1. The number of benzene rings is 1. The summed E-state index contributed by atoms with van der Waals surface area (Å²) in [7, 11) is 4.70. The van der Waals surface area contributed by atoms with Gasteiger partial charge in [-0.2, -0.15) is 0 Å². The van der Waals surface area contributed by atoms with Crippen LogP contribution in [0.15, 0.2) is 30.6 Å². The summed E-state index contributed by atoms with van der Waals surface area (Å²) in [6.07, 6.45) is 3.48. The molecule has 0 atom stereocenters. The van der Waals surface area contributed by atoms with Crippen molar-refractivity contribution in [3.8, 4) is 17.2 Å². The van der Waals surface area contributed by atoms with E-state index in [2.05, 4.69) is 25.1 Å². The molecule has 1 aromatic heterocycles.